The van der Waals surface area contributed by atoms with Crippen molar-refractivity contribution in [3.63, 3.8) is 0 Å². The van der Waals surface area contributed by atoms with E-state index in [0.717, 1.165) is 28.6 Å². The van der Waals surface area contributed by atoms with E-state index in [1.54, 1.807) is 0 Å². The predicted molar refractivity (Wildman–Crippen MR) is 82.0 cm³/mol. The summed E-state index contributed by atoms with van der Waals surface area (Å²) in [7, 11) is 0. The second kappa shape index (κ2) is 6.32. The van der Waals surface area contributed by atoms with Crippen LogP contribution in [-0.4, -0.2) is 9.97 Å². The molecule has 1 aromatic heterocycles. The van der Waals surface area contributed by atoms with Gasteiger partial charge < -0.3 is 5.43 Å². The molecular weight excluding hydrogens is 328 g/mol. The number of benzene rings is 1. The summed E-state index contributed by atoms with van der Waals surface area (Å²) < 4.78 is 0.847. The maximum atomic E-state index is 6.10. The molecule has 100 valence electrons. The summed E-state index contributed by atoms with van der Waals surface area (Å²) in [5.74, 6) is 6.66. The first-order valence-corrected chi connectivity index (χ1v) is 7.11. The Balaban J connectivity index is 2.47. The molecule has 1 heterocycles. The number of hydrogen-bond acceptors (Lipinski definition) is 4. The standard InChI is InChI=1S/C13H14BrClN4/c1-2-3-9-7-12(19-16)18-13(17-9)8-4-5-10(14)11(15)6-8/h4-7H,2-3,16H2,1H3,(H,17,18,19). The van der Waals surface area contributed by atoms with Gasteiger partial charge in [0.2, 0.25) is 0 Å². The topological polar surface area (TPSA) is 63.8 Å². The third-order valence-electron chi connectivity index (χ3n) is 2.61. The van der Waals surface area contributed by atoms with Crippen LogP contribution in [0.5, 0.6) is 0 Å². The Bertz CT molecular complexity index is 589. The molecule has 0 bridgehead atoms. The number of aryl methyl sites for hydroxylation is 1. The van der Waals surface area contributed by atoms with Crippen molar-refractivity contribution >= 4 is 33.3 Å². The van der Waals surface area contributed by atoms with E-state index in [-0.39, 0.29) is 0 Å². The summed E-state index contributed by atoms with van der Waals surface area (Å²) in [6.45, 7) is 2.10. The molecule has 0 fully saturated rings. The van der Waals surface area contributed by atoms with Gasteiger partial charge in [-0.15, -0.1) is 0 Å². The van der Waals surface area contributed by atoms with Crippen LogP contribution in [0.15, 0.2) is 28.7 Å². The van der Waals surface area contributed by atoms with Crippen LogP contribution in [0.2, 0.25) is 5.02 Å². The number of nitrogens with two attached hydrogens (primary N) is 1. The molecule has 2 aromatic rings. The van der Waals surface area contributed by atoms with Gasteiger partial charge in [-0.3, -0.25) is 0 Å². The Labute approximate surface area is 125 Å². The highest BCUT2D eigenvalue weighted by Crippen LogP contribution is 2.27. The maximum Gasteiger partial charge on any atom is 0.161 e. The van der Waals surface area contributed by atoms with Crippen molar-refractivity contribution < 1.29 is 0 Å². The van der Waals surface area contributed by atoms with Crippen molar-refractivity contribution in [1.82, 2.24) is 9.97 Å². The third-order valence-corrected chi connectivity index (χ3v) is 3.84. The van der Waals surface area contributed by atoms with Gasteiger partial charge in [0.15, 0.2) is 5.82 Å². The van der Waals surface area contributed by atoms with Crippen LogP contribution in [0.3, 0.4) is 0 Å². The molecular formula is C13H14BrClN4. The average molecular weight is 342 g/mol. The quantitative estimate of drug-likeness (QED) is 0.656. The Morgan fingerprint density at radius 3 is 2.74 bits per heavy atom. The Hall–Kier alpha value is -1.17. The zero-order valence-electron chi connectivity index (χ0n) is 10.5. The largest absolute Gasteiger partial charge is 0.308 e. The van der Waals surface area contributed by atoms with Gasteiger partial charge in [0.25, 0.3) is 0 Å². The first kappa shape index (κ1) is 14.2. The molecule has 0 aliphatic carbocycles. The first-order chi connectivity index (χ1) is 9.13. The summed E-state index contributed by atoms with van der Waals surface area (Å²) in [5.41, 5.74) is 4.39. The Morgan fingerprint density at radius 1 is 1.32 bits per heavy atom. The van der Waals surface area contributed by atoms with Crippen LogP contribution in [-0.2, 0) is 6.42 Å². The van der Waals surface area contributed by atoms with Gasteiger partial charge in [-0.2, -0.15) is 0 Å². The number of anilines is 1. The van der Waals surface area contributed by atoms with E-state index in [1.807, 2.05) is 24.3 Å². The fraction of sp³-hybridized carbons (Fsp3) is 0.231. The summed E-state index contributed by atoms with van der Waals surface area (Å²) >= 11 is 9.46. The van der Waals surface area contributed by atoms with Gasteiger partial charge in [0, 0.05) is 21.8 Å². The van der Waals surface area contributed by atoms with E-state index in [0.29, 0.717) is 16.7 Å². The van der Waals surface area contributed by atoms with Crippen molar-refractivity contribution in [2.45, 2.75) is 19.8 Å². The fourth-order valence-corrected chi connectivity index (χ4v) is 2.15. The third kappa shape index (κ3) is 3.43. The molecule has 0 saturated carbocycles. The van der Waals surface area contributed by atoms with Crippen LogP contribution in [0.25, 0.3) is 11.4 Å². The van der Waals surface area contributed by atoms with Crippen molar-refractivity contribution in [2.75, 3.05) is 5.43 Å². The van der Waals surface area contributed by atoms with Crippen molar-refractivity contribution in [1.29, 1.82) is 0 Å². The van der Waals surface area contributed by atoms with Crippen LogP contribution in [0.4, 0.5) is 5.82 Å². The lowest BCUT2D eigenvalue weighted by atomic mass is 10.2. The van der Waals surface area contributed by atoms with E-state index in [9.17, 15) is 0 Å². The van der Waals surface area contributed by atoms with Crippen LogP contribution < -0.4 is 11.3 Å². The van der Waals surface area contributed by atoms with Crippen LogP contribution in [0.1, 0.15) is 19.0 Å². The summed E-state index contributed by atoms with van der Waals surface area (Å²) in [6, 6.07) is 7.48. The van der Waals surface area contributed by atoms with Gasteiger partial charge in [0.05, 0.1) is 5.02 Å². The summed E-state index contributed by atoms with van der Waals surface area (Å²) in [6.07, 6.45) is 1.90. The van der Waals surface area contributed by atoms with Gasteiger partial charge >= 0.3 is 0 Å². The molecule has 0 unspecified atom stereocenters. The molecule has 6 heteroatoms. The van der Waals surface area contributed by atoms with Crippen molar-refractivity contribution in [3.8, 4) is 11.4 Å². The van der Waals surface area contributed by atoms with Crippen molar-refractivity contribution in [2.24, 2.45) is 5.84 Å². The fourth-order valence-electron chi connectivity index (χ4n) is 1.72. The zero-order valence-corrected chi connectivity index (χ0v) is 12.8. The average Bonchev–Trinajstić information content (AvgIpc) is 2.42. The number of hydrogen-bond donors (Lipinski definition) is 2. The second-order valence-corrected chi connectivity index (χ2v) is 5.35. The van der Waals surface area contributed by atoms with E-state index in [4.69, 9.17) is 17.4 Å². The minimum absolute atomic E-state index is 0.604. The minimum atomic E-state index is 0.604. The molecule has 0 atom stereocenters. The predicted octanol–water partition coefficient (Wildman–Crippen LogP) is 3.80. The van der Waals surface area contributed by atoms with Gasteiger partial charge in [-0.05, 0) is 40.5 Å². The summed E-state index contributed by atoms with van der Waals surface area (Å²) in [4.78, 5) is 8.89. The van der Waals surface area contributed by atoms with Crippen molar-refractivity contribution in [3.05, 3.63) is 39.5 Å². The molecule has 0 saturated heterocycles. The molecule has 4 nitrogen and oxygen atoms in total. The lowest BCUT2D eigenvalue weighted by Crippen LogP contribution is -2.10. The molecule has 0 radical (unpaired) electrons. The van der Waals surface area contributed by atoms with Gasteiger partial charge in [0.1, 0.15) is 5.82 Å². The molecule has 2 rings (SSSR count). The number of halogens is 2. The normalized spacial score (nSPS) is 10.5. The molecule has 0 aliphatic heterocycles. The Morgan fingerprint density at radius 2 is 2.11 bits per heavy atom. The maximum absolute atomic E-state index is 6.10. The molecule has 0 aliphatic rings. The zero-order chi connectivity index (χ0) is 13.8. The van der Waals surface area contributed by atoms with E-state index < -0.39 is 0 Å². The highest BCUT2D eigenvalue weighted by Gasteiger charge is 2.08. The van der Waals surface area contributed by atoms with E-state index >= 15 is 0 Å². The van der Waals surface area contributed by atoms with E-state index in [2.05, 4.69) is 38.2 Å². The van der Waals surface area contributed by atoms with Crippen LogP contribution in [0, 0.1) is 0 Å². The van der Waals surface area contributed by atoms with Gasteiger partial charge in [-0.25, -0.2) is 15.8 Å². The molecule has 0 spiro atoms. The number of nitrogen functional groups attached to an aromatic ring is 1. The molecule has 0 amide bonds. The van der Waals surface area contributed by atoms with E-state index in [1.165, 1.54) is 0 Å². The van der Waals surface area contributed by atoms with Crippen LogP contribution >= 0.6 is 27.5 Å². The lowest BCUT2D eigenvalue weighted by molar-refractivity contribution is 0.875. The SMILES string of the molecule is CCCc1cc(NN)nc(-c2ccc(Br)c(Cl)c2)n1. The smallest absolute Gasteiger partial charge is 0.161 e. The molecule has 3 N–H and O–H groups in total. The number of nitrogens with zero attached hydrogens (tertiary/aromatic N) is 2. The Kier molecular flexibility index (Phi) is 4.74. The highest BCUT2D eigenvalue weighted by molar-refractivity contribution is 9.10. The number of nitrogens with one attached hydrogen (secondary N) is 1. The number of hydrazine groups is 1. The minimum Gasteiger partial charge on any atom is -0.308 e. The monoisotopic (exact) mass is 340 g/mol. The highest BCUT2D eigenvalue weighted by atomic mass is 79.9. The summed E-state index contributed by atoms with van der Waals surface area (Å²) in [5, 5.41) is 0.629. The molecule has 19 heavy (non-hydrogen) atoms. The van der Waals surface area contributed by atoms with Gasteiger partial charge in [-0.1, -0.05) is 24.9 Å². The number of aromatic nitrogens is 2. The first-order valence-electron chi connectivity index (χ1n) is 5.94. The molecule has 1 aromatic carbocycles. The number of rotatable bonds is 4. The second-order valence-electron chi connectivity index (χ2n) is 4.09. The lowest BCUT2D eigenvalue weighted by Gasteiger charge is -2.08.